The lowest BCUT2D eigenvalue weighted by Gasteiger charge is -2.58. The molecule has 1 aromatic carbocycles. The lowest BCUT2D eigenvalue weighted by Crippen LogP contribution is -2.52. The van der Waals surface area contributed by atoms with E-state index in [1.165, 1.54) is 19.3 Å². The average Bonchev–Trinajstić information content (AvgIpc) is 2.84. The molecule has 0 aromatic heterocycles. The van der Waals surface area contributed by atoms with E-state index in [2.05, 4.69) is 25.1 Å². The van der Waals surface area contributed by atoms with Crippen molar-refractivity contribution in [1.82, 2.24) is 4.90 Å². The molecule has 23 heavy (non-hydrogen) atoms. The summed E-state index contributed by atoms with van der Waals surface area (Å²) in [6.45, 7) is 3.00. The largest absolute Gasteiger partial charge is 0.439 e. The fourth-order valence-electron chi connectivity index (χ4n) is 5.51. The lowest BCUT2D eigenvalue weighted by molar-refractivity contribution is 0.0129. The summed E-state index contributed by atoms with van der Waals surface area (Å²) in [4.78, 5) is 14.5. The van der Waals surface area contributed by atoms with Gasteiger partial charge in [-0.15, -0.1) is 0 Å². The molecule has 1 aliphatic heterocycles. The van der Waals surface area contributed by atoms with Crippen LogP contribution in [0.1, 0.15) is 44.3 Å². The Labute approximate surface area is 137 Å². The molecule has 4 fully saturated rings. The number of hydrogen-bond acceptors (Lipinski definition) is 2. The van der Waals surface area contributed by atoms with Crippen LogP contribution in [0.2, 0.25) is 0 Å². The molecule has 0 radical (unpaired) electrons. The van der Waals surface area contributed by atoms with Crippen LogP contribution in [0.3, 0.4) is 0 Å². The van der Waals surface area contributed by atoms with E-state index in [0.717, 1.165) is 30.4 Å². The van der Waals surface area contributed by atoms with Crippen molar-refractivity contribution in [3.8, 4) is 0 Å². The van der Waals surface area contributed by atoms with Crippen LogP contribution in [-0.4, -0.2) is 23.6 Å². The normalized spacial score (nSPS) is 40.7. The number of fused-ring (bicyclic) bond motifs is 1. The second-order valence-corrected chi connectivity index (χ2v) is 8.03. The molecule has 5 aliphatic carbocycles. The van der Waals surface area contributed by atoms with Gasteiger partial charge in [0.05, 0.1) is 6.04 Å². The zero-order chi connectivity index (χ0) is 15.6. The number of carbonyl (C=O) groups excluding carboxylic acids is 1. The van der Waals surface area contributed by atoms with Gasteiger partial charge in [-0.2, -0.15) is 0 Å². The Kier molecular flexibility index (Phi) is 2.74. The first-order chi connectivity index (χ1) is 11.2. The number of carbonyl (C=O) groups is 1. The van der Waals surface area contributed by atoms with Crippen LogP contribution >= 0.6 is 0 Å². The van der Waals surface area contributed by atoms with E-state index in [0.29, 0.717) is 5.41 Å². The summed E-state index contributed by atoms with van der Waals surface area (Å²) in [5.41, 5.74) is 3.14. The van der Waals surface area contributed by atoms with Gasteiger partial charge in [-0.3, -0.25) is 0 Å². The number of allylic oxidation sites excluding steroid dienone is 2. The van der Waals surface area contributed by atoms with Crippen molar-refractivity contribution >= 4 is 6.09 Å². The van der Waals surface area contributed by atoms with E-state index in [9.17, 15) is 4.79 Å². The van der Waals surface area contributed by atoms with Crippen LogP contribution < -0.4 is 0 Å². The fraction of sp³-hybridized carbons (Fsp3) is 0.550. The van der Waals surface area contributed by atoms with Crippen molar-refractivity contribution in [2.75, 3.05) is 6.54 Å². The third kappa shape index (κ3) is 1.92. The van der Waals surface area contributed by atoms with Gasteiger partial charge in [0.1, 0.15) is 6.10 Å². The van der Waals surface area contributed by atoms with Crippen molar-refractivity contribution < 1.29 is 9.53 Å². The summed E-state index contributed by atoms with van der Waals surface area (Å²) in [5, 5.41) is 0. The fourth-order valence-corrected chi connectivity index (χ4v) is 5.51. The van der Waals surface area contributed by atoms with Gasteiger partial charge in [0.15, 0.2) is 0 Å². The number of rotatable bonds is 3. The minimum absolute atomic E-state index is 0.114. The quantitative estimate of drug-likeness (QED) is 0.778. The van der Waals surface area contributed by atoms with E-state index in [4.69, 9.17) is 4.74 Å². The Bertz CT molecular complexity index is 666. The summed E-state index contributed by atoms with van der Waals surface area (Å²) in [6.07, 6.45) is 7.32. The molecule has 2 unspecified atom stereocenters. The highest BCUT2D eigenvalue weighted by Gasteiger charge is 2.55. The maximum atomic E-state index is 12.5. The minimum Gasteiger partial charge on any atom is -0.439 e. The van der Waals surface area contributed by atoms with E-state index >= 15 is 0 Å². The van der Waals surface area contributed by atoms with Gasteiger partial charge in [-0.1, -0.05) is 42.0 Å². The first-order valence-corrected chi connectivity index (χ1v) is 8.87. The molecule has 6 aliphatic rings. The molecule has 3 heteroatoms. The number of ether oxygens (including phenoxy) is 1. The molecule has 1 saturated heterocycles. The average molecular weight is 309 g/mol. The summed E-state index contributed by atoms with van der Waals surface area (Å²) in [6, 6.07) is 10.3. The van der Waals surface area contributed by atoms with Gasteiger partial charge >= 0.3 is 6.09 Å². The van der Waals surface area contributed by atoms with Gasteiger partial charge in [0.2, 0.25) is 0 Å². The van der Waals surface area contributed by atoms with Crippen LogP contribution in [0.5, 0.6) is 0 Å². The first-order valence-electron chi connectivity index (χ1n) is 8.87. The summed E-state index contributed by atoms with van der Waals surface area (Å²) in [5.74, 6) is 1.64. The van der Waals surface area contributed by atoms with E-state index in [1.807, 2.05) is 23.1 Å². The Balaban J connectivity index is 1.37. The predicted octanol–water partition coefficient (Wildman–Crippen LogP) is 4.31. The molecular weight excluding hydrogens is 286 g/mol. The van der Waals surface area contributed by atoms with Crippen molar-refractivity contribution in [3.63, 3.8) is 0 Å². The highest BCUT2D eigenvalue weighted by molar-refractivity contribution is 5.71. The zero-order valence-electron chi connectivity index (χ0n) is 13.6. The third-order valence-electron chi connectivity index (χ3n) is 6.67. The van der Waals surface area contributed by atoms with Gasteiger partial charge in [-0.25, -0.2) is 4.79 Å². The number of amides is 1. The topological polar surface area (TPSA) is 29.5 Å². The predicted molar refractivity (Wildman–Crippen MR) is 87.8 cm³/mol. The van der Waals surface area contributed by atoms with Crippen LogP contribution in [0.15, 0.2) is 42.0 Å². The van der Waals surface area contributed by atoms with Crippen LogP contribution in [-0.2, 0) is 4.74 Å². The monoisotopic (exact) mass is 309 g/mol. The molecule has 3 nitrogen and oxygen atoms in total. The molecule has 1 aromatic rings. The third-order valence-corrected chi connectivity index (χ3v) is 6.67. The molecule has 0 N–H and O–H groups in total. The van der Waals surface area contributed by atoms with Crippen molar-refractivity contribution in [3.05, 3.63) is 47.5 Å². The second kappa shape index (κ2) is 4.62. The van der Waals surface area contributed by atoms with Gasteiger partial charge in [0.25, 0.3) is 0 Å². The first kappa shape index (κ1) is 13.6. The van der Waals surface area contributed by atoms with Crippen molar-refractivity contribution in [1.29, 1.82) is 0 Å². The standard InChI is InChI=1S/C20H23NO2/c1-13-18(14-5-3-2-4-6-14)23-19(22)21(13)12-20-8-7-17-15(10-20)9-16(17)11-20/h2-7,13,15-16,18H,8-12H2,1H3/t13-,15?,16?,18-,20?/m1/s1. The summed E-state index contributed by atoms with van der Waals surface area (Å²) >= 11 is 0. The summed E-state index contributed by atoms with van der Waals surface area (Å²) < 4.78 is 5.73. The number of hydrogen-bond donors (Lipinski definition) is 0. The molecule has 1 heterocycles. The van der Waals surface area contributed by atoms with Gasteiger partial charge < -0.3 is 9.64 Å². The highest BCUT2D eigenvalue weighted by Crippen LogP contribution is 2.62. The molecule has 4 bridgehead atoms. The Morgan fingerprint density at radius 3 is 2.65 bits per heavy atom. The Hall–Kier alpha value is -1.77. The zero-order valence-corrected chi connectivity index (χ0v) is 13.6. The second-order valence-electron chi connectivity index (χ2n) is 8.03. The molecule has 1 amide bonds. The molecular formula is C20H23NO2. The van der Waals surface area contributed by atoms with E-state index < -0.39 is 0 Å². The van der Waals surface area contributed by atoms with Crippen LogP contribution in [0, 0.1) is 17.3 Å². The van der Waals surface area contributed by atoms with Gasteiger partial charge in [-0.05, 0) is 55.4 Å². The summed E-state index contributed by atoms with van der Waals surface area (Å²) in [7, 11) is 0. The number of cyclic esters (lactones) is 1. The molecule has 4 atom stereocenters. The van der Waals surface area contributed by atoms with Crippen LogP contribution in [0.25, 0.3) is 0 Å². The maximum absolute atomic E-state index is 12.5. The van der Waals surface area contributed by atoms with E-state index in [-0.39, 0.29) is 18.2 Å². The Morgan fingerprint density at radius 1 is 1.22 bits per heavy atom. The Morgan fingerprint density at radius 2 is 1.96 bits per heavy atom. The molecule has 7 rings (SSSR count). The lowest BCUT2D eigenvalue weighted by atomic mass is 9.47. The van der Waals surface area contributed by atoms with E-state index in [1.54, 1.807) is 5.57 Å². The van der Waals surface area contributed by atoms with Gasteiger partial charge in [0, 0.05) is 6.54 Å². The molecule has 120 valence electrons. The highest BCUT2D eigenvalue weighted by atomic mass is 16.6. The van der Waals surface area contributed by atoms with Crippen molar-refractivity contribution in [2.24, 2.45) is 17.3 Å². The smallest absolute Gasteiger partial charge is 0.410 e. The maximum Gasteiger partial charge on any atom is 0.410 e. The number of nitrogens with zero attached hydrogens (tertiary/aromatic N) is 1. The number of benzene rings is 1. The molecule has 0 spiro atoms. The SMILES string of the molecule is C[C@@H]1[C@H](c2ccccc2)OC(=O)N1CC12CC=C3C(CC3C1)C2. The van der Waals surface area contributed by atoms with Crippen molar-refractivity contribution in [2.45, 2.75) is 44.8 Å². The van der Waals surface area contributed by atoms with Crippen LogP contribution in [0.4, 0.5) is 4.79 Å². The minimum atomic E-state index is -0.132. The molecule has 3 saturated carbocycles.